The first kappa shape index (κ1) is 25.7. The second-order valence-corrected chi connectivity index (χ2v) is 8.76. The van der Waals surface area contributed by atoms with E-state index in [-0.39, 0.29) is 5.91 Å². The molecule has 1 amide bonds. The minimum absolute atomic E-state index is 0.256. The maximum atomic E-state index is 12.5. The summed E-state index contributed by atoms with van der Waals surface area (Å²) in [5.41, 5.74) is 1.43. The fourth-order valence-corrected chi connectivity index (χ4v) is 3.80. The smallest absolute Gasteiger partial charge is 0.248 e. The molecular formula is C25H33BrN2O4. The zero-order valence-electron chi connectivity index (χ0n) is 19.6. The molecule has 174 valence electrons. The molecule has 2 rings (SSSR count). The molecule has 0 unspecified atom stereocenters. The predicted molar refractivity (Wildman–Crippen MR) is 134 cm³/mol. The maximum absolute atomic E-state index is 12.5. The normalized spacial score (nSPS) is 11.4. The monoisotopic (exact) mass is 504 g/mol. The summed E-state index contributed by atoms with van der Waals surface area (Å²) in [4.78, 5) is 14.8. The van der Waals surface area contributed by atoms with Crippen LogP contribution in [-0.2, 0) is 4.79 Å². The summed E-state index contributed by atoms with van der Waals surface area (Å²) in [7, 11) is 3.20. The SMILES string of the molecule is COc1ccc(Br)cc1C=CC(=O)Nc1ccc(OC)c(OCCN(C(C)C)C(C)C)c1. The van der Waals surface area contributed by atoms with Crippen molar-refractivity contribution in [3.8, 4) is 17.2 Å². The van der Waals surface area contributed by atoms with E-state index in [9.17, 15) is 4.79 Å². The molecule has 0 spiro atoms. The number of amides is 1. The van der Waals surface area contributed by atoms with Gasteiger partial charge in [-0.05, 0) is 64.1 Å². The molecule has 0 aliphatic heterocycles. The number of ether oxygens (including phenoxy) is 3. The van der Waals surface area contributed by atoms with Crippen LogP contribution in [0.5, 0.6) is 17.2 Å². The van der Waals surface area contributed by atoms with Crippen LogP contribution in [0.1, 0.15) is 33.3 Å². The highest BCUT2D eigenvalue weighted by molar-refractivity contribution is 9.10. The van der Waals surface area contributed by atoms with Gasteiger partial charge >= 0.3 is 0 Å². The van der Waals surface area contributed by atoms with Crippen molar-refractivity contribution in [2.75, 3.05) is 32.7 Å². The average Bonchev–Trinajstić information content (AvgIpc) is 2.75. The number of hydrogen-bond acceptors (Lipinski definition) is 5. The van der Waals surface area contributed by atoms with Crippen LogP contribution in [0.2, 0.25) is 0 Å². The molecule has 0 saturated heterocycles. The molecule has 7 heteroatoms. The summed E-state index contributed by atoms with van der Waals surface area (Å²) in [6.45, 7) is 10.0. The largest absolute Gasteiger partial charge is 0.496 e. The number of nitrogens with one attached hydrogen (secondary N) is 1. The summed E-state index contributed by atoms with van der Waals surface area (Å²) >= 11 is 3.43. The summed E-state index contributed by atoms with van der Waals surface area (Å²) in [5, 5.41) is 2.87. The van der Waals surface area contributed by atoms with Crippen molar-refractivity contribution in [2.24, 2.45) is 0 Å². The van der Waals surface area contributed by atoms with Crippen molar-refractivity contribution in [1.82, 2.24) is 4.90 Å². The van der Waals surface area contributed by atoms with Gasteiger partial charge < -0.3 is 19.5 Å². The lowest BCUT2D eigenvalue weighted by molar-refractivity contribution is -0.111. The highest BCUT2D eigenvalue weighted by Gasteiger charge is 2.14. The molecule has 0 aliphatic carbocycles. The predicted octanol–water partition coefficient (Wildman–Crippen LogP) is 5.62. The summed E-state index contributed by atoms with van der Waals surface area (Å²) < 4.78 is 17.7. The lowest BCUT2D eigenvalue weighted by Gasteiger charge is -2.30. The molecule has 0 bridgehead atoms. The van der Waals surface area contributed by atoms with Crippen LogP contribution < -0.4 is 19.5 Å². The number of benzene rings is 2. The van der Waals surface area contributed by atoms with Crippen LogP contribution in [0.15, 0.2) is 46.9 Å². The Balaban J connectivity index is 2.06. The zero-order chi connectivity index (χ0) is 23.7. The summed E-state index contributed by atoms with van der Waals surface area (Å²) in [5.74, 6) is 1.65. The molecule has 6 nitrogen and oxygen atoms in total. The molecule has 0 heterocycles. The third-order valence-corrected chi connectivity index (χ3v) is 5.46. The van der Waals surface area contributed by atoms with Crippen molar-refractivity contribution in [2.45, 2.75) is 39.8 Å². The van der Waals surface area contributed by atoms with E-state index in [4.69, 9.17) is 14.2 Å². The van der Waals surface area contributed by atoms with Gasteiger partial charge in [-0.15, -0.1) is 0 Å². The number of halogens is 1. The Hall–Kier alpha value is -2.51. The molecule has 0 aliphatic rings. The average molecular weight is 505 g/mol. The Morgan fingerprint density at radius 2 is 1.66 bits per heavy atom. The van der Waals surface area contributed by atoms with E-state index in [1.165, 1.54) is 6.08 Å². The van der Waals surface area contributed by atoms with E-state index in [1.54, 1.807) is 38.5 Å². The third kappa shape index (κ3) is 7.57. The van der Waals surface area contributed by atoms with Crippen molar-refractivity contribution >= 4 is 33.6 Å². The van der Waals surface area contributed by atoms with Crippen molar-refractivity contribution in [3.63, 3.8) is 0 Å². The summed E-state index contributed by atoms with van der Waals surface area (Å²) in [6, 6.07) is 11.8. The minimum Gasteiger partial charge on any atom is -0.496 e. The topological polar surface area (TPSA) is 60.0 Å². The lowest BCUT2D eigenvalue weighted by Crippen LogP contribution is -2.39. The van der Waals surface area contributed by atoms with Gasteiger partial charge in [-0.25, -0.2) is 0 Å². The van der Waals surface area contributed by atoms with E-state index in [1.807, 2.05) is 18.2 Å². The van der Waals surface area contributed by atoms with Gasteiger partial charge in [0, 0.05) is 46.5 Å². The first-order valence-electron chi connectivity index (χ1n) is 10.6. The third-order valence-electron chi connectivity index (χ3n) is 4.97. The fourth-order valence-electron chi connectivity index (χ4n) is 3.43. The molecule has 0 saturated carbocycles. The Morgan fingerprint density at radius 3 is 2.28 bits per heavy atom. The first-order valence-corrected chi connectivity index (χ1v) is 11.4. The maximum Gasteiger partial charge on any atom is 0.248 e. The van der Waals surface area contributed by atoms with Crippen molar-refractivity contribution < 1.29 is 19.0 Å². The van der Waals surface area contributed by atoms with Crippen LogP contribution in [0.4, 0.5) is 5.69 Å². The van der Waals surface area contributed by atoms with Crippen molar-refractivity contribution in [1.29, 1.82) is 0 Å². The van der Waals surface area contributed by atoms with E-state index in [0.717, 1.165) is 16.6 Å². The zero-order valence-corrected chi connectivity index (χ0v) is 21.2. The number of carbonyl (C=O) groups is 1. The lowest BCUT2D eigenvalue weighted by atomic mass is 10.2. The molecule has 0 fully saturated rings. The standard InChI is InChI=1S/C25H33BrN2O4/c1-17(2)28(18(3)4)13-14-32-24-16-21(9-11-23(24)31-6)27-25(29)12-7-19-15-20(26)8-10-22(19)30-5/h7-12,15-18H,13-14H2,1-6H3,(H,27,29). The minimum atomic E-state index is -0.256. The highest BCUT2D eigenvalue weighted by Crippen LogP contribution is 2.30. The molecule has 0 radical (unpaired) electrons. The van der Waals surface area contributed by atoms with Gasteiger partial charge in [-0.2, -0.15) is 0 Å². The van der Waals surface area contributed by atoms with Crippen LogP contribution in [0.3, 0.4) is 0 Å². The van der Waals surface area contributed by atoms with Crippen LogP contribution in [0.25, 0.3) is 6.08 Å². The molecule has 2 aromatic rings. The van der Waals surface area contributed by atoms with Gasteiger partial charge in [0.25, 0.3) is 0 Å². The second-order valence-electron chi connectivity index (χ2n) is 7.85. The van der Waals surface area contributed by atoms with Gasteiger partial charge in [0.1, 0.15) is 12.4 Å². The van der Waals surface area contributed by atoms with Crippen LogP contribution in [-0.4, -0.2) is 50.3 Å². The summed E-state index contributed by atoms with van der Waals surface area (Å²) in [6.07, 6.45) is 3.19. The Morgan fingerprint density at radius 1 is 1.00 bits per heavy atom. The quantitative estimate of drug-likeness (QED) is 0.402. The highest BCUT2D eigenvalue weighted by atomic mass is 79.9. The van der Waals surface area contributed by atoms with E-state index < -0.39 is 0 Å². The molecule has 0 atom stereocenters. The molecule has 2 aromatic carbocycles. The number of methoxy groups -OCH3 is 2. The van der Waals surface area contributed by atoms with Crippen molar-refractivity contribution in [3.05, 3.63) is 52.5 Å². The van der Waals surface area contributed by atoms with Crippen LogP contribution >= 0.6 is 15.9 Å². The first-order chi connectivity index (χ1) is 15.2. The number of rotatable bonds is 11. The molecular weight excluding hydrogens is 472 g/mol. The molecule has 0 aromatic heterocycles. The molecule has 32 heavy (non-hydrogen) atoms. The Kier molecular flexibility index (Phi) is 10.1. The van der Waals surface area contributed by atoms with E-state index in [0.29, 0.717) is 41.6 Å². The van der Waals surface area contributed by atoms with Gasteiger partial charge in [0.2, 0.25) is 5.91 Å². The van der Waals surface area contributed by atoms with Crippen LogP contribution in [0, 0.1) is 0 Å². The number of anilines is 1. The number of hydrogen-bond donors (Lipinski definition) is 1. The van der Waals surface area contributed by atoms with Gasteiger partial charge in [0.05, 0.1) is 14.2 Å². The number of nitrogens with zero attached hydrogens (tertiary/aromatic N) is 1. The van der Waals surface area contributed by atoms with E-state index >= 15 is 0 Å². The Bertz CT molecular complexity index is 920. The second kappa shape index (κ2) is 12.5. The van der Waals surface area contributed by atoms with Gasteiger partial charge in [0.15, 0.2) is 11.5 Å². The van der Waals surface area contributed by atoms with Gasteiger partial charge in [-0.3, -0.25) is 9.69 Å². The van der Waals surface area contributed by atoms with E-state index in [2.05, 4.69) is 53.8 Å². The Labute approximate surface area is 199 Å². The van der Waals surface area contributed by atoms with Gasteiger partial charge in [-0.1, -0.05) is 15.9 Å². The molecule has 1 N–H and O–H groups in total. The number of carbonyl (C=O) groups excluding carboxylic acids is 1. The fraction of sp³-hybridized carbons (Fsp3) is 0.400.